The van der Waals surface area contributed by atoms with Crippen LogP contribution in [0.1, 0.15) is 62.0 Å². The lowest BCUT2D eigenvalue weighted by atomic mass is 9.85. The van der Waals surface area contributed by atoms with Crippen molar-refractivity contribution in [3.63, 3.8) is 0 Å². The van der Waals surface area contributed by atoms with Gasteiger partial charge in [-0.2, -0.15) is 0 Å². The quantitative estimate of drug-likeness (QED) is 0.724. The van der Waals surface area contributed by atoms with E-state index < -0.39 is 5.41 Å². The average molecular weight is 424 g/mol. The van der Waals surface area contributed by atoms with Gasteiger partial charge in [-0.15, -0.1) is 0 Å². The SMILES string of the molecule is COc1ccc(CN2CCC(C(NC(=O)C(C)(C)C)c3ccccn3)CC2)c(C)c1C. The van der Waals surface area contributed by atoms with Crippen LogP contribution in [-0.4, -0.2) is 36.0 Å². The molecule has 1 saturated heterocycles. The number of hydrogen-bond acceptors (Lipinski definition) is 4. The van der Waals surface area contributed by atoms with E-state index in [-0.39, 0.29) is 11.9 Å². The Bertz CT molecular complexity index is 882. The van der Waals surface area contributed by atoms with Crippen molar-refractivity contribution in [1.29, 1.82) is 0 Å². The van der Waals surface area contributed by atoms with Crippen molar-refractivity contribution in [1.82, 2.24) is 15.2 Å². The Morgan fingerprint density at radius 3 is 2.45 bits per heavy atom. The molecule has 2 aromatic rings. The van der Waals surface area contributed by atoms with Gasteiger partial charge in [-0.05, 0) is 80.6 Å². The molecule has 0 radical (unpaired) electrons. The fraction of sp³-hybridized carbons (Fsp3) is 0.538. The maximum Gasteiger partial charge on any atom is 0.225 e. The van der Waals surface area contributed by atoms with E-state index in [1.54, 1.807) is 7.11 Å². The summed E-state index contributed by atoms with van der Waals surface area (Å²) in [4.78, 5) is 19.9. The minimum atomic E-state index is -0.419. The molecule has 1 aromatic heterocycles. The molecule has 1 N–H and O–H groups in total. The number of carbonyl (C=O) groups is 1. The number of carbonyl (C=O) groups excluding carboxylic acids is 1. The summed E-state index contributed by atoms with van der Waals surface area (Å²) >= 11 is 0. The molecule has 0 spiro atoms. The Kier molecular flexibility index (Phi) is 7.37. The van der Waals surface area contributed by atoms with Gasteiger partial charge in [-0.3, -0.25) is 14.7 Å². The Morgan fingerprint density at radius 1 is 1.16 bits per heavy atom. The van der Waals surface area contributed by atoms with Crippen LogP contribution < -0.4 is 10.1 Å². The molecule has 1 fully saturated rings. The smallest absolute Gasteiger partial charge is 0.225 e. The van der Waals surface area contributed by atoms with E-state index in [1.165, 1.54) is 16.7 Å². The lowest BCUT2D eigenvalue weighted by molar-refractivity contribution is -0.129. The van der Waals surface area contributed by atoms with Crippen LogP contribution in [0.5, 0.6) is 5.75 Å². The summed E-state index contributed by atoms with van der Waals surface area (Å²) in [6.45, 7) is 13.2. The molecule has 31 heavy (non-hydrogen) atoms. The van der Waals surface area contributed by atoms with Crippen LogP contribution in [0, 0.1) is 25.2 Å². The summed E-state index contributed by atoms with van der Waals surface area (Å²) < 4.78 is 5.45. The molecule has 2 heterocycles. The number of hydrogen-bond donors (Lipinski definition) is 1. The molecular weight excluding hydrogens is 386 g/mol. The molecule has 5 heteroatoms. The summed E-state index contributed by atoms with van der Waals surface area (Å²) in [5.41, 5.74) is 4.43. The number of likely N-dealkylation sites (tertiary alicyclic amines) is 1. The molecule has 0 aliphatic carbocycles. The van der Waals surface area contributed by atoms with Gasteiger partial charge in [0.1, 0.15) is 5.75 Å². The third kappa shape index (κ3) is 5.65. The van der Waals surface area contributed by atoms with E-state index in [0.29, 0.717) is 5.92 Å². The van der Waals surface area contributed by atoms with Crippen molar-refractivity contribution in [2.75, 3.05) is 20.2 Å². The predicted molar refractivity (Wildman–Crippen MR) is 125 cm³/mol. The second-order valence-corrected chi connectivity index (χ2v) is 9.75. The number of methoxy groups -OCH3 is 1. The number of ether oxygens (including phenoxy) is 1. The molecule has 1 aromatic carbocycles. The zero-order valence-corrected chi connectivity index (χ0v) is 19.9. The van der Waals surface area contributed by atoms with Crippen molar-refractivity contribution >= 4 is 5.91 Å². The van der Waals surface area contributed by atoms with Crippen LogP contribution in [0.4, 0.5) is 0 Å². The molecule has 1 amide bonds. The number of amides is 1. The van der Waals surface area contributed by atoms with Crippen molar-refractivity contribution in [3.8, 4) is 5.75 Å². The summed E-state index contributed by atoms with van der Waals surface area (Å²) in [7, 11) is 1.72. The largest absolute Gasteiger partial charge is 0.496 e. The lowest BCUT2D eigenvalue weighted by Crippen LogP contribution is -2.44. The van der Waals surface area contributed by atoms with Gasteiger partial charge >= 0.3 is 0 Å². The van der Waals surface area contributed by atoms with Crippen molar-refractivity contribution in [2.24, 2.45) is 11.3 Å². The van der Waals surface area contributed by atoms with E-state index in [1.807, 2.05) is 45.2 Å². The predicted octanol–water partition coefficient (Wildman–Crippen LogP) is 4.82. The Hall–Kier alpha value is -2.40. The molecule has 5 nitrogen and oxygen atoms in total. The van der Waals surface area contributed by atoms with Gasteiger partial charge in [0.25, 0.3) is 0 Å². The molecule has 1 aliphatic rings. The molecule has 1 atom stereocenters. The van der Waals surface area contributed by atoms with E-state index in [9.17, 15) is 4.79 Å². The number of rotatable bonds is 6. The van der Waals surface area contributed by atoms with Gasteiger partial charge in [0, 0.05) is 18.2 Å². The first kappa shape index (κ1) is 23.3. The summed E-state index contributed by atoms with van der Waals surface area (Å²) in [5, 5.41) is 3.30. The molecule has 0 saturated carbocycles. The van der Waals surface area contributed by atoms with Crippen LogP contribution in [0.25, 0.3) is 0 Å². The topological polar surface area (TPSA) is 54.5 Å². The van der Waals surface area contributed by atoms with Gasteiger partial charge < -0.3 is 10.1 Å². The van der Waals surface area contributed by atoms with Gasteiger partial charge in [-0.1, -0.05) is 32.9 Å². The van der Waals surface area contributed by atoms with E-state index in [0.717, 1.165) is 43.9 Å². The Morgan fingerprint density at radius 2 is 1.87 bits per heavy atom. The van der Waals surface area contributed by atoms with Crippen LogP contribution in [0.15, 0.2) is 36.5 Å². The van der Waals surface area contributed by atoms with Gasteiger partial charge in [-0.25, -0.2) is 0 Å². The van der Waals surface area contributed by atoms with Gasteiger partial charge in [0.05, 0.1) is 18.8 Å². The highest BCUT2D eigenvalue weighted by molar-refractivity contribution is 5.81. The zero-order chi connectivity index (χ0) is 22.6. The maximum atomic E-state index is 12.8. The fourth-order valence-electron chi connectivity index (χ4n) is 4.28. The zero-order valence-electron chi connectivity index (χ0n) is 19.9. The van der Waals surface area contributed by atoms with Crippen molar-refractivity contribution in [2.45, 2.75) is 60.0 Å². The van der Waals surface area contributed by atoms with E-state index in [4.69, 9.17) is 4.74 Å². The fourth-order valence-corrected chi connectivity index (χ4v) is 4.28. The first-order valence-corrected chi connectivity index (χ1v) is 11.3. The lowest BCUT2D eigenvalue weighted by Gasteiger charge is -2.37. The highest BCUT2D eigenvalue weighted by Crippen LogP contribution is 2.32. The normalized spacial score (nSPS) is 16.7. The number of nitrogens with zero attached hydrogens (tertiary/aromatic N) is 2. The first-order chi connectivity index (χ1) is 14.7. The minimum Gasteiger partial charge on any atom is -0.496 e. The number of aromatic nitrogens is 1. The average Bonchev–Trinajstić information content (AvgIpc) is 2.76. The third-order valence-corrected chi connectivity index (χ3v) is 6.54. The van der Waals surface area contributed by atoms with Crippen molar-refractivity contribution < 1.29 is 9.53 Å². The highest BCUT2D eigenvalue weighted by atomic mass is 16.5. The van der Waals surface area contributed by atoms with Crippen molar-refractivity contribution in [3.05, 3.63) is 58.9 Å². The number of benzene rings is 1. The summed E-state index contributed by atoms with van der Waals surface area (Å²) in [5.74, 6) is 1.42. The Labute approximate surface area is 187 Å². The van der Waals surface area contributed by atoms with E-state index in [2.05, 4.69) is 41.2 Å². The monoisotopic (exact) mass is 423 g/mol. The first-order valence-electron chi connectivity index (χ1n) is 11.3. The van der Waals surface area contributed by atoms with Crippen LogP contribution >= 0.6 is 0 Å². The molecule has 3 rings (SSSR count). The second-order valence-electron chi connectivity index (χ2n) is 9.75. The Balaban J connectivity index is 1.68. The summed E-state index contributed by atoms with van der Waals surface area (Å²) in [6.07, 6.45) is 3.90. The molecule has 1 aliphatic heterocycles. The van der Waals surface area contributed by atoms with Gasteiger partial charge in [0.15, 0.2) is 0 Å². The standard InChI is InChI=1S/C26H37N3O2/c1-18-19(2)23(31-6)11-10-21(18)17-29-15-12-20(13-16-29)24(22-9-7-8-14-27-22)28-25(30)26(3,4)5/h7-11,14,20,24H,12-13,15-17H2,1-6H3,(H,28,30). The number of pyridine rings is 1. The number of nitrogens with one attached hydrogen (secondary N) is 1. The highest BCUT2D eigenvalue weighted by Gasteiger charge is 2.32. The van der Waals surface area contributed by atoms with Crippen LogP contribution in [0.3, 0.4) is 0 Å². The van der Waals surface area contributed by atoms with Crippen LogP contribution in [-0.2, 0) is 11.3 Å². The summed E-state index contributed by atoms with van der Waals surface area (Å²) in [6, 6.07) is 10.2. The minimum absolute atomic E-state index is 0.0416. The molecule has 0 bridgehead atoms. The van der Waals surface area contributed by atoms with Crippen LogP contribution in [0.2, 0.25) is 0 Å². The number of piperidine rings is 1. The second kappa shape index (κ2) is 9.82. The van der Waals surface area contributed by atoms with Gasteiger partial charge in [0.2, 0.25) is 5.91 Å². The molecule has 1 unspecified atom stereocenters. The van der Waals surface area contributed by atoms with E-state index >= 15 is 0 Å². The molecule has 168 valence electrons. The third-order valence-electron chi connectivity index (χ3n) is 6.54. The molecular formula is C26H37N3O2. The maximum absolute atomic E-state index is 12.8.